The molecule has 0 unspecified atom stereocenters. The number of nitrogens with one attached hydrogen (secondary N) is 1. The van der Waals surface area contributed by atoms with Gasteiger partial charge in [-0.1, -0.05) is 30.3 Å². The molecule has 0 saturated heterocycles. The Balaban J connectivity index is 2.04. The zero-order valence-corrected chi connectivity index (χ0v) is 12.1. The third-order valence-corrected chi connectivity index (χ3v) is 3.39. The Hall–Kier alpha value is -2.14. The third kappa shape index (κ3) is 3.05. The topological polar surface area (TPSA) is 72.9 Å². The van der Waals surface area contributed by atoms with Crippen molar-refractivity contribution in [2.45, 2.75) is 26.3 Å². The summed E-state index contributed by atoms with van der Waals surface area (Å²) < 4.78 is 1.74. The summed E-state index contributed by atoms with van der Waals surface area (Å²) in [7, 11) is 1.85. The number of hydrogen-bond donors (Lipinski definition) is 2. The summed E-state index contributed by atoms with van der Waals surface area (Å²) in [5, 5.41) is 7.14. The lowest BCUT2D eigenvalue weighted by Gasteiger charge is -2.12. The quantitative estimate of drug-likeness (QED) is 0.887. The summed E-state index contributed by atoms with van der Waals surface area (Å²) in [4.78, 5) is 12.2. The molecule has 0 aliphatic heterocycles. The summed E-state index contributed by atoms with van der Waals surface area (Å²) in [6, 6.07) is 9.18. The summed E-state index contributed by atoms with van der Waals surface area (Å²) in [5.74, 6) is -0.187. The largest absolute Gasteiger partial charge is 0.322 e. The lowest BCUT2D eigenvalue weighted by molar-refractivity contribution is -0.117. The summed E-state index contributed by atoms with van der Waals surface area (Å²) in [6.45, 7) is 3.78. The van der Waals surface area contributed by atoms with Crippen molar-refractivity contribution in [2.24, 2.45) is 12.8 Å². The lowest BCUT2D eigenvalue weighted by Crippen LogP contribution is -2.37. The average molecular weight is 272 g/mol. The maximum absolute atomic E-state index is 12.2. The molecule has 1 aromatic carbocycles. The molecule has 1 amide bonds. The van der Waals surface area contributed by atoms with Gasteiger partial charge in [-0.3, -0.25) is 9.48 Å². The van der Waals surface area contributed by atoms with Crippen LogP contribution in [0.25, 0.3) is 0 Å². The molecule has 2 rings (SSSR count). The molecule has 0 fully saturated rings. The smallest absolute Gasteiger partial charge is 0.241 e. The predicted molar refractivity (Wildman–Crippen MR) is 79.4 cm³/mol. The second kappa shape index (κ2) is 5.88. The average Bonchev–Trinajstić information content (AvgIpc) is 2.66. The van der Waals surface area contributed by atoms with Crippen molar-refractivity contribution >= 4 is 11.6 Å². The first-order valence-corrected chi connectivity index (χ1v) is 6.59. The molecule has 1 aromatic heterocycles. The monoisotopic (exact) mass is 272 g/mol. The highest BCUT2D eigenvalue weighted by Crippen LogP contribution is 2.18. The van der Waals surface area contributed by atoms with E-state index >= 15 is 0 Å². The minimum Gasteiger partial charge on any atom is -0.322 e. The van der Waals surface area contributed by atoms with Gasteiger partial charge in [-0.2, -0.15) is 5.10 Å². The van der Waals surface area contributed by atoms with Gasteiger partial charge in [0.15, 0.2) is 0 Å². The summed E-state index contributed by atoms with van der Waals surface area (Å²) >= 11 is 0. The van der Waals surface area contributed by atoms with Gasteiger partial charge in [0.25, 0.3) is 0 Å². The minimum absolute atomic E-state index is 0.187. The van der Waals surface area contributed by atoms with Gasteiger partial charge in [0.1, 0.15) is 0 Å². The van der Waals surface area contributed by atoms with Crippen molar-refractivity contribution in [3.63, 3.8) is 0 Å². The van der Waals surface area contributed by atoms with E-state index in [0.29, 0.717) is 6.42 Å². The fourth-order valence-corrected chi connectivity index (χ4v) is 2.13. The zero-order valence-electron chi connectivity index (χ0n) is 12.1. The normalized spacial score (nSPS) is 12.2. The third-order valence-electron chi connectivity index (χ3n) is 3.39. The van der Waals surface area contributed by atoms with Crippen LogP contribution in [0, 0.1) is 13.8 Å². The Bertz CT molecular complexity index is 604. The van der Waals surface area contributed by atoms with E-state index in [1.807, 2.05) is 51.2 Å². The molecule has 0 bridgehead atoms. The van der Waals surface area contributed by atoms with Crippen molar-refractivity contribution in [2.75, 3.05) is 5.32 Å². The Labute approximate surface area is 118 Å². The first-order valence-electron chi connectivity index (χ1n) is 6.59. The second-order valence-corrected chi connectivity index (χ2v) is 4.95. The van der Waals surface area contributed by atoms with E-state index < -0.39 is 6.04 Å². The van der Waals surface area contributed by atoms with E-state index in [2.05, 4.69) is 10.4 Å². The molecule has 0 aliphatic rings. The van der Waals surface area contributed by atoms with Crippen molar-refractivity contribution in [3.05, 3.63) is 47.3 Å². The number of carbonyl (C=O) groups excluding carboxylic acids is 1. The molecular formula is C15H20N4O. The van der Waals surface area contributed by atoms with E-state index in [4.69, 9.17) is 5.73 Å². The first-order chi connectivity index (χ1) is 9.49. The Morgan fingerprint density at radius 2 is 2.00 bits per heavy atom. The Kier molecular flexibility index (Phi) is 4.20. The van der Waals surface area contributed by atoms with Gasteiger partial charge >= 0.3 is 0 Å². The van der Waals surface area contributed by atoms with Gasteiger partial charge < -0.3 is 11.1 Å². The van der Waals surface area contributed by atoms with Crippen LogP contribution in [-0.2, 0) is 18.3 Å². The van der Waals surface area contributed by atoms with E-state index in [-0.39, 0.29) is 5.91 Å². The van der Waals surface area contributed by atoms with E-state index in [1.54, 1.807) is 4.68 Å². The molecule has 106 valence electrons. The van der Waals surface area contributed by atoms with Crippen LogP contribution in [0.1, 0.15) is 17.0 Å². The molecule has 0 saturated carbocycles. The molecule has 1 heterocycles. The molecular weight excluding hydrogens is 252 g/mol. The number of amides is 1. The van der Waals surface area contributed by atoms with Crippen LogP contribution < -0.4 is 11.1 Å². The fourth-order valence-electron chi connectivity index (χ4n) is 2.13. The number of carbonyl (C=O) groups is 1. The molecule has 3 N–H and O–H groups in total. The van der Waals surface area contributed by atoms with Crippen molar-refractivity contribution in [1.29, 1.82) is 0 Å². The van der Waals surface area contributed by atoms with E-state index in [1.165, 1.54) is 0 Å². The highest BCUT2D eigenvalue weighted by molar-refractivity contribution is 5.95. The molecule has 1 atom stereocenters. The summed E-state index contributed by atoms with van der Waals surface area (Å²) in [5.41, 5.74) is 9.48. The number of aromatic nitrogens is 2. The Morgan fingerprint density at radius 1 is 1.35 bits per heavy atom. The standard InChI is InChI=1S/C15H20N4O/c1-10-14(11(2)19(3)18-10)17-15(20)13(16)9-12-7-5-4-6-8-12/h4-8,13H,9,16H2,1-3H3,(H,17,20)/t13-/m0/s1. The second-order valence-electron chi connectivity index (χ2n) is 4.95. The SMILES string of the molecule is Cc1nn(C)c(C)c1NC(=O)[C@@H](N)Cc1ccccc1. The van der Waals surface area contributed by atoms with E-state index in [0.717, 1.165) is 22.6 Å². The van der Waals surface area contributed by atoms with Crippen molar-refractivity contribution in [3.8, 4) is 0 Å². The van der Waals surface area contributed by atoms with Crippen LogP contribution in [0.5, 0.6) is 0 Å². The molecule has 0 aliphatic carbocycles. The molecule has 20 heavy (non-hydrogen) atoms. The van der Waals surface area contributed by atoms with Crippen LogP contribution in [0.4, 0.5) is 5.69 Å². The molecule has 0 radical (unpaired) electrons. The minimum atomic E-state index is -0.573. The molecule has 5 heteroatoms. The maximum Gasteiger partial charge on any atom is 0.241 e. The first kappa shape index (κ1) is 14.3. The number of rotatable bonds is 4. The highest BCUT2D eigenvalue weighted by Gasteiger charge is 2.18. The maximum atomic E-state index is 12.2. The number of nitrogens with zero attached hydrogens (tertiary/aromatic N) is 2. The number of anilines is 1. The lowest BCUT2D eigenvalue weighted by atomic mass is 10.1. The van der Waals surface area contributed by atoms with Gasteiger partial charge in [0.2, 0.25) is 5.91 Å². The molecule has 0 spiro atoms. The molecule has 2 aromatic rings. The van der Waals surface area contributed by atoms with Gasteiger partial charge in [0, 0.05) is 7.05 Å². The Morgan fingerprint density at radius 3 is 2.55 bits per heavy atom. The number of hydrogen-bond acceptors (Lipinski definition) is 3. The van der Waals surface area contributed by atoms with Crippen molar-refractivity contribution < 1.29 is 4.79 Å². The van der Waals surface area contributed by atoms with Crippen LogP contribution in [0.3, 0.4) is 0 Å². The summed E-state index contributed by atoms with van der Waals surface area (Å²) in [6.07, 6.45) is 0.519. The number of aryl methyl sites for hydroxylation is 2. The van der Waals surface area contributed by atoms with Gasteiger partial charge in [-0.15, -0.1) is 0 Å². The van der Waals surface area contributed by atoms with Crippen molar-refractivity contribution in [1.82, 2.24) is 9.78 Å². The van der Waals surface area contributed by atoms with Gasteiger partial charge in [-0.25, -0.2) is 0 Å². The zero-order chi connectivity index (χ0) is 14.7. The number of benzene rings is 1. The number of nitrogens with two attached hydrogens (primary N) is 1. The fraction of sp³-hybridized carbons (Fsp3) is 0.333. The predicted octanol–water partition coefficient (Wildman–Crippen LogP) is 1.55. The highest BCUT2D eigenvalue weighted by atomic mass is 16.2. The van der Waals surface area contributed by atoms with Gasteiger partial charge in [0.05, 0.1) is 23.1 Å². The molecule has 5 nitrogen and oxygen atoms in total. The van der Waals surface area contributed by atoms with Crippen LogP contribution in [0.15, 0.2) is 30.3 Å². The van der Waals surface area contributed by atoms with E-state index in [9.17, 15) is 4.79 Å². The van der Waals surface area contributed by atoms with Crippen LogP contribution in [-0.4, -0.2) is 21.7 Å². The van der Waals surface area contributed by atoms with Crippen LogP contribution in [0.2, 0.25) is 0 Å². The van der Waals surface area contributed by atoms with Crippen LogP contribution >= 0.6 is 0 Å². The van der Waals surface area contributed by atoms with Gasteiger partial charge in [-0.05, 0) is 25.8 Å².